The molecule has 0 N–H and O–H groups in total. The van der Waals surface area contributed by atoms with Gasteiger partial charge in [0.1, 0.15) is 6.33 Å². The zero-order chi connectivity index (χ0) is 10.8. The van der Waals surface area contributed by atoms with E-state index in [9.17, 15) is 4.39 Å². The summed E-state index contributed by atoms with van der Waals surface area (Å²) in [4.78, 5) is 15.0. The second kappa shape index (κ2) is 4.04. The van der Waals surface area contributed by atoms with Crippen LogP contribution in [-0.2, 0) is 0 Å². The molecule has 0 radical (unpaired) electrons. The summed E-state index contributed by atoms with van der Waals surface area (Å²) in [5.41, 5.74) is 0.515. The van der Waals surface area contributed by atoms with Gasteiger partial charge in [-0.2, -0.15) is 0 Å². The van der Waals surface area contributed by atoms with Gasteiger partial charge in [-0.3, -0.25) is 0 Å². The third-order valence-corrected chi connectivity index (χ3v) is 2.09. The van der Waals surface area contributed by atoms with Gasteiger partial charge in [-0.05, 0) is 0 Å². The van der Waals surface area contributed by atoms with Crippen LogP contribution in [0.2, 0.25) is 10.3 Å². The molecule has 0 bridgehead atoms. The zero-order valence-corrected chi connectivity index (χ0v) is 8.67. The highest BCUT2D eigenvalue weighted by Crippen LogP contribution is 2.22. The van der Waals surface area contributed by atoms with Crippen LogP contribution in [0.25, 0.3) is 11.4 Å². The fourth-order valence-corrected chi connectivity index (χ4v) is 1.33. The summed E-state index contributed by atoms with van der Waals surface area (Å²) in [7, 11) is 0. The molecule has 0 aromatic carbocycles. The van der Waals surface area contributed by atoms with Crippen molar-refractivity contribution in [1.82, 2.24) is 19.9 Å². The largest absolute Gasteiger partial charge is 0.244 e. The fourth-order valence-electron chi connectivity index (χ4n) is 0.938. The third kappa shape index (κ3) is 2.03. The van der Waals surface area contributed by atoms with E-state index >= 15 is 0 Å². The molecule has 2 aromatic rings. The molecular weight excluding hydrogens is 242 g/mol. The molecule has 0 fully saturated rings. The highest BCUT2D eigenvalue weighted by Gasteiger charge is 2.12. The molecule has 0 atom stereocenters. The predicted octanol–water partition coefficient (Wildman–Crippen LogP) is 2.38. The quantitative estimate of drug-likeness (QED) is 0.723. The second-order valence-corrected chi connectivity index (χ2v) is 3.29. The maximum absolute atomic E-state index is 13.0. The van der Waals surface area contributed by atoms with E-state index in [2.05, 4.69) is 19.9 Å². The van der Waals surface area contributed by atoms with E-state index < -0.39 is 5.82 Å². The van der Waals surface area contributed by atoms with Crippen molar-refractivity contribution >= 4 is 23.2 Å². The number of hydrogen-bond donors (Lipinski definition) is 0. The predicted molar refractivity (Wildman–Crippen MR) is 53.0 cm³/mol. The maximum Gasteiger partial charge on any atom is 0.197 e. The number of aromatic nitrogens is 4. The summed E-state index contributed by atoms with van der Waals surface area (Å²) in [5, 5.41) is -0.650. The van der Waals surface area contributed by atoms with Crippen LogP contribution >= 0.6 is 23.2 Å². The molecule has 4 nitrogen and oxygen atoms in total. The number of rotatable bonds is 1. The van der Waals surface area contributed by atoms with Crippen molar-refractivity contribution in [3.05, 3.63) is 34.8 Å². The van der Waals surface area contributed by atoms with Gasteiger partial charge in [0.25, 0.3) is 0 Å². The van der Waals surface area contributed by atoms with E-state index in [4.69, 9.17) is 23.2 Å². The smallest absolute Gasteiger partial charge is 0.197 e. The summed E-state index contributed by atoms with van der Waals surface area (Å²) in [6, 6.07) is 0. The van der Waals surface area contributed by atoms with Crippen LogP contribution < -0.4 is 0 Å². The molecule has 0 saturated carbocycles. The van der Waals surface area contributed by atoms with Crippen LogP contribution in [0.5, 0.6) is 0 Å². The molecule has 0 aliphatic carbocycles. The Labute approximate surface area is 94.1 Å². The van der Waals surface area contributed by atoms with Gasteiger partial charge in [-0.25, -0.2) is 24.3 Å². The Hall–Kier alpha value is -1.33. The first-order chi connectivity index (χ1) is 7.18. The van der Waals surface area contributed by atoms with E-state index in [1.165, 1.54) is 18.7 Å². The third-order valence-electron chi connectivity index (χ3n) is 1.59. The average Bonchev–Trinajstić information content (AvgIpc) is 2.26. The van der Waals surface area contributed by atoms with Crippen LogP contribution in [0.1, 0.15) is 0 Å². The van der Waals surface area contributed by atoms with Gasteiger partial charge < -0.3 is 0 Å². The van der Waals surface area contributed by atoms with Gasteiger partial charge in [0.05, 0.1) is 5.56 Å². The van der Waals surface area contributed by atoms with Crippen molar-refractivity contribution in [2.45, 2.75) is 0 Å². The first-order valence-electron chi connectivity index (χ1n) is 3.82. The Balaban J connectivity index is 2.56. The molecule has 0 amide bonds. The zero-order valence-electron chi connectivity index (χ0n) is 7.15. The topological polar surface area (TPSA) is 51.6 Å². The van der Waals surface area contributed by atoms with Gasteiger partial charge in [0, 0.05) is 12.4 Å². The summed E-state index contributed by atoms with van der Waals surface area (Å²) in [6.07, 6.45) is 4.32. The Morgan fingerprint density at radius 3 is 2.07 bits per heavy atom. The van der Waals surface area contributed by atoms with Crippen LogP contribution in [0.15, 0.2) is 18.7 Å². The van der Waals surface area contributed by atoms with Crippen molar-refractivity contribution in [2.75, 3.05) is 0 Å². The molecule has 2 aromatic heterocycles. The first-order valence-corrected chi connectivity index (χ1v) is 4.58. The summed E-state index contributed by atoms with van der Waals surface area (Å²) >= 11 is 11.0. The van der Waals surface area contributed by atoms with Crippen molar-refractivity contribution in [1.29, 1.82) is 0 Å². The molecule has 0 aliphatic rings. The summed E-state index contributed by atoms with van der Waals surface area (Å²) < 4.78 is 13.0. The SMILES string of the molecule is Fc1c(Cl)nc(-c2cncnc2)nc1Cl. The lowest BCUT2D eigenvalue weighted by atomic mass is 10.3. The van der Waals surface area contributed by atoms with Crippen LogP contribution in [0.3, 0.4) is 0 Å². The van der Waals surface area contributed by atoms with Crippen LogP contribution in [0, 0.1) is 5.82 Å². The molecule has 0 unspecified atom stereocenters. The molecule has 7 heteroatoms. The van der Waals surface area contributed by atoms with E-state index in [0.717, 1.165) is 0 Å². The summed E-state index contributed by atoms with van der Waals surface area (Å²) in [5.74, 6) is -0.647. The van der Waals surface area contributed by atoms with Gasteiger partial charge in [0.15, 0.2) is 21.9 Å². The van der Waals surface area contributed by atoms with Crippen molar-refractivity contribution in [3.63, 3.8) is 0 Å². The van der Waals surface area contributed by atoms with Crippen LogP contribution in [0.4, 0.5) is 4.39 Å². The lowest BCUT2D eigenvalue weighted by Gasteiger charge is -2.01. The first kappa shape index (κ1) is 10.2. The lowest BCUT2D eigenvalue weighted by molar-refractivity contribution is 0.615. The minimum absolute atomic E-state index is 0.187. The molecule has 15 heavy (non-hydrogen) atoms. The molecule has 76 valence electrons. The van der Waals surface area contributed by atoms with Crippen LogP contribution in [-0.4, -0.2) is 19.9 Å². The van der Waals surface area contributed by atoms with Gasteiger partial charge in [-0.15, -0.1) is 0 Å². The molecule has 0 saturated heterocycles. The van der Waals surface area contributed by atoms with Crippen molar-refractivity contribution in [3.8, 4) is 11.4 Å². The number of hydrogen-bond acceptors (Lipinski definition) is 4. The maximum atomic E-state index is 13.0. The fraction of sp³-hybridized carbons (Fsp3) is 0. The van der Waals surface area contributed by atoms with Gasteiger partial charge in [-0.1, -0.05) is 23.2 Å². The highest BCUT2D eigenvalue weighted by molar-refractivity contribution is 6.33. The van der Waals surface area contributed by atoms with Gasteiger partial charge >= 0.3 is 0 Å². The number of nitrogens with zero attached hydrogens (tertiary/aromatic N) is 4. The number of halogens is 3. The van der Waals surface area contributed by atoms with Gasteiger partial charge in [0.2, 0.25) is 0 Å². The van der Waals surface area contributed by atoms with E-state index in [1.54, 1.807) is 0 Å². The monoisotopic (exact) mass is 244 g/mol. The minimum Gasteiger partial charge on any atom is -0.244 e. The molecule has 2 rings (SSSR count). The average molecular weight is 245 g/mol. The van der Waals surface area contributed by atoms with E-state index in [-0.39, 0.29) is 16.1 Å². The minimum atomic E-state index is -0.834. The van der Waals surface area contributed by atoms with Crippen molar-refractivity contribution in [2.24, 2.45) is 0 Å². The summed E-state index contributed by atoms with van der Waals surface area (Å²) in [6.45, 7) is 0. The highest BCUT2D eigenvalue weighted by atomic mass is 35.5. The van der Waals surface area contributed by atoms with E-state index in [0.29, 0.717) is 5.56 Å². The Morgan fingerprint density at radius 2 is 1.53 bits per heavy atom. The lowest BCUT2D eigenvalue weighted by Crippen LogP contribution is -1.95. The molecule has 2 heterocycles. The van der Waals surface area contributed by atoms with Crippen molar-refractivity contribution < 1.29 is 4.39 Å². The second-order valence-electron chi connectivity index (χ2n) is 2.57. The molecule has 0 aliphatic heterocycles. The Morgan fingerprint density at radius 1 is 1.00 bits per heavy atom. The normalized spacial score (nSPS) is 10.3. The Bertz CT molecular complexity index is 468. The molecule has 0 spiro atoms. The molecular formula is C8H3Cl2FN4. The standard InChI is InChI=1S/C8H3Cl2FN4/c9-6-5(11)7(10)15-8(14-6)4-1-12-3-13-2-4/h1-3H. The van der Waals surface area contributed by atoms with E-state index in [1.807, 2.05) is 0 Å². The Kier molecular flexibility index (Phi) is 2.75.